The predicted octanol–water partition coefficient (Wildman–Crippen LogP) is 2.60. The number of hydrogen-bond acceptors (Lipinski definition) is 3. The van der Waals surface area contributed by atoms with Crippen LogP contribution in [0.5, 0.6) is 0 Å². The van der Waals surface area contributed by atoms with Crippen LogP contribution < -0.4 is 0 Å². The van der Waals surface area contributed by atoms with Gasteiger partial charge in [0.1, 0.15) is 5.60 Å². The van der Waals surface area contributed by atoms with Crippen molar-refractivity contribution in [3.8, 4) is 0 Å². The normalized spacial score (nSPS) is 27.9. The Kier molecular flexibility index (Phi) is 3.33. The molecule has 2 fully saturated rings. The zero-order valence-corrected chi connectivity index (χ0v) is 9.96. The van der Waals surface area contributed by atoms with Gasteiger partial charge in [-0.3, -0.25) is 0 Å². The Morgan fingerprint density at radius 3 is 2.56 bits per heavy atom. The van der Waals surface area contributed by atoms with Gasteiger partial charge in [0.2, 0.25) is 0 Å². The average Bonchev–Trinajstić information content (AvgIpc) is 2.87. The van der Waals surface area contributed by atoms with E-state index >= 15 is 0 Å². The zero-order valence-electron chi connectivity index (χ0n) is 9.96. The third-order valence-electron chi connectivity index (χ3n) is 3.61. The van der Waals surface area contributed by atoms with E-state index in [4.69, 9.17) is 9.47 Å². The van der Waals surface area contributed by atoms with Gasteiger partial charge in [-0.25, -0.2) is 4.79 Å². The quantitative estimate of drug-likeness (QED) is 0.546. The van der Waals surface area contributed by atoms with Gasteiger partial charge in [0.15, 0.2) is 0 Å². The summed E-state index contributed by atoms with van der Waals surface area (Å²) >= 11 is 0. The summed E-state index contributed by atoms with van der Waals surface area (Å²) in [4.78, 5) is 11.7. The van der Waals surface area contributed by atoms with Crippen LogP contribution in [0.1, 0.15) is 45.4 Å². The minimum absolute atomic E-state index is 0.110. The fraction of sp³-hybridized carbons (Fsp3) is 0.769. The molecule has 0 aromatic carbocycles. The summed E-state index contributed by atoms with van der Waals surface area (Å²) in [6.07, 6.45) is 6.35. The lowest BCUT2D eigenvalue weighted by Crippen LogP contribution is -2.43. The summed E-state index contributed by atoms with van der Waals surface area (Å²) < 4.78 is 11.4. The highest BCUT2D eigenvalue weighted by molar-refractivity contribution is 5.87. The number of rotatable bonds is 3. The van der Waals surface area contributed by atoms with E-state index in [0.29, 0.717) is 5.57 Å². The van der Waals surface area contributed by atoms with E-state index in [-0.39, 0.29) is 17.7 Å². The first kappa shape index (κ1) is 11.6. The number of esters is 1. The minimum Gasteiger partial charge on any atom is -0.453 e. The summed E-state index contributed by atoms with van der Waals surface area (Å²) in [7, 11) is 0. The molecule has 1 saturated carbocycles. The van der Waals surface area contributed by atoms with Crippen molar-refractivity contribution in [2.45, 2.75) is 57.2 Å². The largest absolute Gasteiger partial charge is 0.453 e. The maximum Gasteiger partial charge on any atom is 0.333 e. The van der Waals surface area contributed by atoms with E-state index < -0.39 is 0 Å². The first-order chi connectivity index (χ1) is 7.64. The van der Waals surface area contributed by atoms with Crippen molar-refractivity contribution in [2.24, 2.45) is 0 Å². The molecule has 2 aliphatic rings. The van der Waals surface area contributed by atoms with E-state index in [1.807, 2.05) is 0 Å². The molecule has 0 N–H and O–H groups in total. The molecule has 0 aromatic rings. The second kappa shape index (κ2) is 4.58. The smallest absolute Gasteiger partial charge is 0.333 e. The molecule has 1 saturated heterocycles. The van der Waals surface area contributed by atoms with Crippen molar-refractivity contribution in [3.63, 3.8) is 0 Å². The maximum atomic E-state index is 11.7. The molecule has 3 heteroatoms. The first-order valence-electron chi connectivity index (χ1n) is 6.14. The van der Waals surface area contributed by atoms with Gasteiger partial charge in [-0.15, -0.1) is 0 Å². The standard InChI is InChI=1S/C13H20O3/c1-10(2)12(14)16-13(7-3-4-8-13)11-6-5-9-15-11/h11H,1,3-9H2,2H3. The topological polar surface area (TPSA) is 35.5 Å². The van der Waals surface area contributed by atoms with Crippen LogP contribution in [0.2, 0.25) is 0 Å². The Morgan fingerprint density at radius 1 is 1.38 bits per heavy atom. The fourth-order valence-corrected chi connectivity index (χ4v) is 2.73. The van der Waals surface area contributed by atoms with E-state index in [1.165, 1.54) is 0 Å². The summed E-state index contributed by atoms with van der Waals surface area (Å²) in [6.45, 7) is 6.14. The van der Waals surface area contributed by atoms with Gasteiger partial charge in [-0.2, -0.15) is 0 Å². The number of ether oxygens (including phenoxy) is 2. The van der Waals surface area contributed by atoms with Gasteiger partial charge in [0, 0.05) is 12.2 Å². The maximum absolute atomic E-state index is 11.7. The molecule has 0 spiro atoms. The minimum atomic E-state index is -0.355. The Labute approximate surface area is 96.8 Å². The van der Waals surface area contributed by atoms with Crippen LogP contribution in [-0.2, 0) is 14.3 Å². The molecule has 1 unspecified atom stereocenters. The van der Waals surface area contributed by atoms with Crippen LogP contribution >= 0.6 is 0 Å². The zero-order chi connectivity index (χ0) is 11.6. The van der Waals surface area contributed by atoms with Crippen molar-refractivity contribution in [1.82, 2.24) is 0 Å². The van der Waals surface area contributed by atoms with Crippen LogP contribution in [0.3, 0.4) is 0 Å². The molecular formula is C13H20O3. The Balaban J connectivity index is 2.08. The van der Waals surface area contributed by atoms with E-state index in [1.54, 1.807) is 6.92 Å². The molecule has 3 nitrogen and oxygen atoms in total. The lowest BCUT2D eigenvalue weighted by Gasteiger charge is -2.34. The molecule has 90 valence electrons. The summed E-state index contributed by atoms with van der Waals surface area (Å²) in [5.41, 5.74) is 0.122. The Hall–Kier alpha value is -0.830. The molecule has 1 aliphatic carbocycles. The number of carbonyl (C=O) groups excluding carboxylic acids is 1. The molecule has 16 heavy (non-hydrogen) atoms. The molecule has 2 rings (SSSR count). The third kappa shape index (κ3) is 2.14. The summed E-state index contributed by atoms with van der Waals surface area (Å²) in [6, 6.07) is 0. The molecule has 0 bridgehead atoms. The highest BCUT2D eigenvalue weighted by Gasteiger charge is 2.46. The second-order valence-electron chi connectivity index (χ2n) is 4.94. The molecule has 0 amide bonds. The summed E-state index contributed by atoms with van der Waals surface area (Å²) in [5.74, 6) is -0.266. The van der Waals surface area contributed by atoms with E-state index in [9.17, 15) is 4.79 Å². The van der Waals surface area contributed by atoms with E-state index in [0.717, 1.165) is 45.1 Å². The lowest BCUT2D eigenvalue weighted by molar-refractivity contribution is -0.169. The van der Waals surface area contributed by atoms with Crippen LogP contribution in [0.15, 0.2) is 12.2 Å². The SMILES string of the molecule is C=C(C)C(=O)OC1(C2CCCO2)CCCC1. The first-order valence-corrected chi connectivity index (χ1v) is 6.14. The second-order valence-corrected chi connectivity index (χ2v) is 4.94. The lowest BCUT2D eigenvalue weighted by atomic mass is 9.92. The van der Waals surface area contributed by atoms with Crippen molar-refractivity contribution in [1.29, 1.82) is 0 Å². The number of carbonyl (C=O) groups is 1. The van der Waals surface area contributed by atoms with Gasteiger partial charge < -0.3 is 9.47 Å². The van der Waals surface area contributed by atoms with Crippen molar-refractivity contribution >= 4 is 5.97 Å². The van der Waals surface area contributed by atoms with Crippen LogP contribution in [0.25, 0.3) is 0 Å². The molecular weight excluding hydrogens is 204 g/mol. The molecule has 0 radical (unpaired) electrons. The van der Waals surface area contributed by atoms with Gasteiger partial charge in [0.25, 0.3) is 0 Å². The summed E-state index contributed by atoms with van der Waals surface area (Å²) in [5, 5.41) is 0. The number of hydrogen-bond donors (Lipinski definition) is 0. The third-order valence-corrected chi connectivity index (χ3v) is 3.61. The van der Waals surface area contributed by atoms with Gasteiger partial charge in [-0.05, 0) is 45.4 Å². The molecule has 1 atom stereocenters. The molecule has 1 heterocycles. The average molecular weight is 224 g/mol. The van der Waals surface area contributed by atoms with Crippen molar-refractivity contribution in [2.75, 3.05) is 6.61 Å². The van der Waals surface area contributed by atoms with Gasteiger partial charge >= 0.3 is 5.97 Å². The van der Waals surface area contributed by atoms with Crippen molar-refractivity contribution < 1.29 is 14.3 Å². The Morgan fingerprint density at radius 2 is 2.06 bits per heavy atom. The highest BCUT2D eigenvalue weighted by Crippen LogP contribution is 2.41. The van der Waals surface area contributed by atoms with E-state index in [2.05, 4.69) is 6.58 Å². The Bertz CT molecular complexity index is 284. The molecule has 1 aliphatic heterocycles. The highest BCUT2D eigenvalue weighted by atomic mass is 16.6. The van der Waals surface area contributed by atoms with Crippen LogP contribution in [-0.4, -0.2) is 24.3 Å². The van der Waals surface area contributed by atoms with Crippen LogP contribution in [0, 0.1) is 0 Å². The monoisotopic (exact) mass is 224 g/mol. The molecule has 0 aromatic heterocycles. The fourth-order valence-electron chi connectivity index (χ4n) is 2.73. The van der Waals surface area contributed by atoms with Crippen molar-refractivity contribution in [3.05, 3.63) is 12.2 Å². The van der Waals surface area contributed by atoms with Gasteiger partial charge in [-0.1, -0.05) is 6.58 Å². The van der Waals surface area contributed by atoms with Gasteiger partial charge in [0.05, 0.1) is 6.10 Å². The predicted molar refractivity (Wildman–Crippen MR) is 61.1 cm³/mol. The van der Waals surface area contributed by atoms with Crippen LogP contribution in [0.4, 0.5) is 0 Å².